The second-order valence-corrected chi connectivity index (χ2v) is 10.7. The van der Waals surface area contributed by atoms with Gasteiger partial charge < -0.3 is 24.6 Å². The maximum Gasteiger partial charge on any atom is 0.416 e. The van der Waals surface area contributed by atoms with Crippen LogP contribution >= 0.6 is 11.3 Å². The molecule has 0 atom stereocenters. The molecule has 0 aliphatic carbocycles. The number of aliphatic hydroxyl groups is 1. The van der Waals surface area contributed by atoms with Gasteiger partial charge in [-0.1, -0.05) is 11.3 Å². The third-order valence-electron chi connectivity index (χ3n) is 6.91. The number of ether oxygens (including phenoxy) is 1. The van der Waals surface area contributed by atoms with Crippen LogP contribution in [-0.4, -0.2) is 69.1 Å². The number of ketones is 1. The lowest BCUT2D eigenvalue weighted by Crippen LogP contribution is -2.40. The molecule has 212 valence electrons. The molecule has 13 heteroatoms. The highest BCUT2D eigenvalue weighted by Gasteiger charge is 2.31. The predicted molar refractivity (Wildman–Crippen MR) is 145 cm³/mol. The number of imidazole rings is 1. The van der Waals surface area contributed by atoms with Crippen LogP contribution in [0.1, 0.15) is 41.6 Å². The van der Waals surface area contributed by atoms with E-state index in [0.717, 1.165) is 29.0 Å². The van der Waals surface area contributed by atoms with Gasteiger partial charge in [-0.15, -0.1) is 0 Å². The molecular weight excluding hydrogens is 547 g/mol. The van der Waals surface area contributed by atoms with Crippen LogP contribution in [-0.2, 0) is 22.3 Å². The Labute approximate surface area is 231 Å². The molecule has 2 aromatic heterocycles. The molecule has 4 aromatic rings. The number of hydrogen-bond donors (Lipinski definition) is 2. The number of aromatic nitrogens is 3. The monoisotopic (exact) mass is 575 g/mol. The predicted octanol–water partition coefficient (Wildman–Crippen LogP) is 5.00. The van der Waals surface area contributed by atoms with E-state index in [0.29, 0.717) is 71.5 Å². The topological polar surface area (TPSA) is 110 Å². The van der Waals surface area contributed by atoms with Gasteiger partial charge in [0.1, 0.15) is 0 Å². The number of nitrogens with one attached hydrogen (secondary N) is 1. The highest BCUT2D eigenvalue weighted by molar-refractivity contribution is 7.22. The van der Waals surface area contributed by atoms with Crippen molar-refractivity contribution in [2.45, 2.75) is 44.5 Å². The van der Waals surface area contributed by atoms with Crippen molar-refractivity contribution in [3.05, 3.63) is 47.5 Å². The number of anilines is 2. The Morgan fingerprint density at radius 2 is 1.88 bits per heavy atom. The number of fused-ring (bicyclic) bond motifs is 2. The van der Waals surface area contributed by atoms with Gasteiger partial charge in [-0.05, 0) is 49.2 Å². The number of rotatable bonds is 9. The number of amides is 1. The molecule has 0 bridgehead atoms. The lowest BCUT2D eigenvalue weighted by Gasteiger charge is -2.29. The van der Waals surface area contributed by atoms with Crippen LogP contribution in [0, 0.1) is 0 Å². The van der Waals surface area contributed by atoms with E-state index in [1.54, 1.807) is 30.2 Å². The van der Waals surface area contributed by atoms with Crippen molar-refractivity contribution in [3.8, 4) is 0 Å². The van der Waals surface area contributed by atoms with Gasteiger partial charge in [0.2, 0.25) is 11.9 Å². The summed E-state index contributed by atoms with van der Waals surface area (Å²) in [5.41, 5.74) is 1.40. The van der Waals surface area contributed by atoms with E-state index < -0.39 is 11.7 Å². The number of piperidine rings is 1. The minimum atomic E-state index is -4.44. The number of nitrogens with zero attached hydrogens (tertiary/aromatic N) is 4. The summed E-state index contributed by atoms with van der Waals surface area (Å²) in [5, 5.41) is 13.1. The number of halogens is 3. The first-order chi connectivity index (χ1) is 19.1. The Kier molecular flexibility index (Phi) is 8.06. The number of benzene rings is 2. The van der Waals surface area contributed by atoms with Crippen LogP contribution in [0.25, 0.3) is 21.3 Å². The van der Waals surface area contributed by atoms with Gasteiger partial charge in [0.25, 0.3) is 0 Å². The number of carbonyl (C=O) groups excluding carboxylic acids is 2. The van der Waals surface area contributed by atoms with Crippen molar-refractivity contribution in [2.75, 3.05) is 32.1 Å². The smallest absolute Gasteiger partial charge is 0.393 e. The van der Waals surface area contributed by atoms with Crippen LogP contribution in [0.15, 0.2) is 36.4 Å². The molecule has 1 amide bonds. The fourth-order valence-electron chi connectivity index (χ4n) is 4.70. The second kappa shape index (κ2) is 11.5. The lowest BCUT2D eigenvalue weighted by molar-refractivity contribution is -0.137. The highest BCUT2D eigenvalue weighted by Crippen LogP contribution is 2.35. The maximum atomic E-state index is 13.1. The highest BCUT2D eigenvalue weighted by atomic mass is 32.1. The minimum Gasteiger partial charge on any atom is -0.393 e. The molecule has 2 N–H and O–H groups in total. The summed E-state index contributed by atoms with van der Waals surface area (Å²) in [4.78, 5) is 36.1. The van der Waals surface area contributed by atoms with Crippen molar-refractivity contribution < 1.29 is 32.6 Å². The van der Waals surface area contributed by atoms with E-state index in [9.17, 15) is 27.9 Å². The molecule has 1 aliphatic heterocycles. The van der Waals surface area contributed by atoms with Crippen molar-refractivity contribution in [2.24, 2.45) is 0 Å². The molecule has 5 rings (SSSR count). The first-order valence-electron chi connectivity index (χ1n) is 12.9. The van der Waals surface area contributed by atoms with Gasteiger partial charge in [0.05, 0.1) is 39.5 Å². The zero-order valence-corrected chi connectivity index (χ0v) is 22.5. The molecule has 0 radical (unpaired) electrons. The molecular formula is C27H28F3N5O4S. The van der Waals surface area contributed by atoms with Crippen LogP contribution in [0.3, 0.4) is 0 Å². The van der Waals surface area contributed by atoms with Crippen molar-refractivity contribution in [1.29, 1.82) is 0 Å². The van der Waals surface area contributed by atoms with Gasteiger partial charge in [-0.25, -0.2) is 9.97 Å². The summed E-state index contributed by atoms with van der Waals surface area (Å²) >= 11 is 1.08. The second-order valence-electron chi connectivity index (χ2n) is 9.64. The summed E-state index contributed by atoms with van der Waals surface area (Å²) in [6, 6.07) is 8.55. The number of Topliss-reactive ketones (excluding diaryl/α,β-unsaturated/α-hetero) is 1. The number of carbonyl (C=O) groups is 2. The fourth-order valence-corrected chi connectivity index (χ4v) is 5.59. The van der Waals surface area contributed by atoms with Crippen molar-refractivity contribution >= 4 is 55.4 Å². The van der Waals surface area contributed by atoms with Crippen LogP contribution in [0.2, 0.25) is 0 Å². The van der Waals surface area contributed by atoms with Gasteiger partial charge in [-0.2, -0.15) is 13.2 Å². The number of hydrogen-bond acceptors (Lipinski definition) is 8. The SMILES string of the molecule is COCCn1c(Nc2nc3ccc(C(F)(F)F)cc3s2)nc2cc(C(=O)CCC(=O)N3CCC(O)CC3)ccc21. The zero-order valence-electron chi connectivity index (χ0n) is 21.7. The van der Waals surface area contributed by atoms with Crippen LogP contribution in [0.5, 0.6) is 0 Å². The number of alkyl halides is 3. The van der Waals surface area contributed by atoms with Crippen molar-refractivity contribution in [3.63, 3.8) is 0 Å². The number of likely N-dealkylation sites (tertiary alicyclic amines) is 1. The minimum absolute atomic E-state index is 0.0600. The van der Waals surface area contributed by atoms with Crippen LogP contribution < -0.4 is 5.32 Å². The Morgan fingerprint density at radius 3 is 2.60 bits per heavy atom. The van der Waals surface area contributed by atoms with Gasteiger partial charge >= 0.3 is 6.18 Å². The van der Waals surface area contributed by atoms with Crippen LogP contribution in [0.4, 0.5) is 24.3 Å². The van der Waals surface area contributed by atoms with Gasteiger partial charge in [-0.3, -0.25) is 9.59 Å². The van der Waals surface area contributed by atoms with E-state index >= 15 is 0 Å². The molecule has 0 spiro atoms. The molecule has 1 fully saturated rings. The first kappa shape index (κ1) is 28.0. The van der Waals surface area contributed by atoms with Gasteiger partial charge in [0.15, 0.2) is 10.9 Å². The third-order valence-corrected chi connectivity index (χ3v) is 7.84. The zero-order chi connectivity index (χ0) is 28.4. The molecule has 9 nitrogen and oxygen atoms in total. The molecule has 1 saturated heterocycles. The first-order valence-corrected chi connectivity index (χ1v) is 13.7. The van der Waals surface area contributed by atoms with E-state index in [1.807, 2.05) is 4.57 Å². The van der Waals surface area contributed by atoms with Crippen molar-refractivity contribution in [1.82, 2.24) is 19.4 Å². The molecule has 3 heterocycles. The summed E-state index contributed by atoms with van der Waals surface area (Å²) in [7, 11) is 1.57. The Bertz CT molecular complexity index is 1540. The summed E-state index contributed by atoms with van der Waals surface area (Å²) in [6.45, 7) is 1.80. The standard InChI is InChI=1S/C27H28F3N5O4S/c1-39-13-12-35-21-5-2-16(22(37)6-7-24(38)34-10-8-18(36)9-11-34)14-20(21)31-25(35)33-26-32-19-4-3-17(27(28,29)30)15-23(19)40-26/h2-5,14-15,18,36H,6-13H2,1H3,(H,31,32,33). The third kappa shape index (κ3) is 6.11. The van der Waals surface area contributed by atoms with E-state index in [4.69, 9.17) is 4.74 Å². The quantitative estimate of drug-likeness (QED) is 0.270. The molecule has 1 aliphatic rings. The van der Waals surface area contributed by atoms with E-state index in [-0.39, 0.29) is 30.6 Å². The Morgan fingerprint density at radius 1 is 1.10 bits per heavy atom. The summed E-state index contributed by atoms with van der Waals surface area (Å²) < 4.78 is 46.9. The molecule has 2 aromatic carbocycles. The van der Waals surface area contributed by atoms with E-state index in [1.165, 1.54) is 6.07 Å². The van der Waals surface area contributed by atoms with Gasteiger partial charge in [0, 0.05) is 45.1 Å². The summed E-state index contributed by atoms with van der Waals surface area (Å²) in [5.74, 6) is 0.129. The average Bonchev–Trinajstić information content (AvgIpc) is 3.49. The number of thiazole rings is 1. The fraction of sp³-hybridized carbons (Fsp3) is 0.407. The number of aliphatic hydroxyl groups excluding tert-OH is 1. The summed E-state index contributed by atoms with van der Waals surface area (Å²) in [6.07, 6.45) is -3.58. The maximum absolute atomic E-state index is 13.1. The average molecular weight is 576 g/mol. The normalized spacial score (nSPS) is 14.8. The Balaban J connectivity index is 1.35. The molecule has 0 saturated carbocycles. The Hall–Kier alpha value is -3.55. The lowest BCUT2D eigenvalue weighted by atomic mass is 10.0. The molecule has 0 unspecified atom stereocenters. The number of methoxy groups -OCH3 is 1. The largest absolute Gasteiger partial charge is 0.416 e. The van der Waals surface area contributed by atoms with E-state index in [2.05, 4.69) is 15.3 Å². The molecule has 40 heavy (non-hydrogen) atoms.